The van der Waals surface area contributed by atoms with Crippen LogP contribution in [0.3, 0.4) is 0 Å². The molecule has 1 aromatic rings. The van der Waals surface area contributed by atoms with E-state index in [4.69, 9.17) is 0 Å². The molecular weight excluding hydrogens is 347 g/mol. The van der Waals surface area contributed by atoms with Gasteiger partial charge in [-0.05, 0) is 61.1 Å². The highest BCUT2D eigenvalue weighted by atomic mass is 79.9. The molecule has 1 aromatic carbocycles. The van der Waals surface area contributed by atoms with E-state index in [0.29, 0.717) is 16.6 Å². The zero-order valence-electron chi connectivity index (χ0n) is 13.3. The Morgan fingerprint density at radius 3 is 2.45 bits per heavy atom. The molecule has 0 heterocycles. The first-order valence-electron chi connectivity index (χ1n) is 7.85. The summed E-state index contributed by atoms with van der Waals surface area (Å²) < 4.78 is 13.6. The second kappa shape index (κ2) is 7.55. The maximum atomic E-state index is 13.1. The van der Waals surface area contributed by atoms with E-state index in [1.807, 2.05) is 0 Å². The molecule has 1 amide bonds. The highest BCUT2D eigenvalue weighted by molar-refractivity contribution is 9.10. The molecule has 0 atom stereocenters. The Labute approximate surface area is 140 Å². The van der Waals surface area contributed by atoms with Crippen LogP contribution in [-0.2, 0) is 0 Å². The van der Waals surface area contributed by atoms with Crippen molar-refractivity contribution in [3.05, 3.63) is 34.1 Å². The maximum Gasteiger partial charge on any atom is 0.252 e. The van der Waals surface area contributed by atoms with E-state index in [2.05, 4.69) is 40.2 Å². The van der Waals surface area contributed by atoms with Gasteiger partial charge in [0.1, 0.15) is 5.82 Å². The molecule has 1 fully saturated rings. The number of amides is 1. The number of carbonyl (C=O) groups is 1. The van der Waals surface area contributed by atoms with Gasteiger partial charge in [-0.1, -0.05) is 25.7 Å². The Bertz CT molecular complexity index is 525. The average Bonchev–Trinajstić information content (AvgIpc) is 2.71. The molecule has 1 saturated carbocycles. The lowest BCUT2D eigenvalue weighted by Gasteiger charge is -2.39. The predicted octanol–water partition coefficient (Wildman–Crippen LogP) is 3.97. The molecule has 0 aliphatic heterocycles. The van der Waals surface area contributed by atoms with Gasteiger partial charge in [-0.2, -0.15) is 0 Å². The van der Waals surface area contributed by atoms with Crippen LogP contribution in [0.2, 0.25) is 0 Å². The summed E-state index contributed by atoms with van der Waals surface area (Å²) in [5, 5.41) is 3.05. The maximum absolute atomic E-state index is 13.1. The normalized spacial score (nSPS) is 18.0. The van der Waals surface area contributed by atoms with E-state index in [1.165, 1.54) is 43.9 Å². The van der Waals surface area contributed by atoms with Crippen molar-refractivity contribution >= 4 is 21.8 Å². The third-order valence-corrected chi connectivity index (χ3v) is 5.39. The second-order valence-electron chi connectivity index (χ2n) is 6.34. The van der Waals surface area contributed by atoms with Crippen LogP contribution >= 0.6 is 15.9 Å². The third-order valence-electron chi connectivity index (χ3n) is 4.74. The fraction of sp³-hybridized carbons (Fsp3) is 0.588. The topological polar surface area (TPSA) is 32.3 Å². The summed E-state index contributed by atoms with van der Waals surface area (Å²) in [4.78, 5) is 14.6. The van der Waals surface area contributed by atoms with E-state index in [-0.39, 0.29) is 17.3 Å². The lowest BCUT2D eigenvalue weighted by atomic mass is 9.88. The molecule has 0 spiro atoms. The van der Waals surface area contributed by atoms with E-state index in [1.54, 1.807) is 0 Å². The number of nitrogens with zero attached hydrogens (tertiary/aromatic N) is 1. The number of hydrogen-bond acceptors (Lipinski definition) is 2. The fourth-order valence-electron chi connectivity index (χ4n) is 3.18. The molecule has 0 radical (unpaired) electrons. The van der Waals surface area contributed by atoms with Crippen LogP contribution in [0.25, 0.3) is 0 Å². The van der Waals surface area contributed by atoms with Crippen molar-refractivity contribution in [2.45, 2.75) is 44.1 Å². The monoisotopic (exact) mass is 370 g/mol. The smallest absolute Gasteiger partial charge is 0.252 e. The van der Waals surface area contributed by atoms with E-state index in [9.17, 15) is 9.18 Å². The minimum Gasteiger partial charge on any atom is -0.350 e. The molecule has 1 aliphatic rings. The molecule has 0 unspecified atom stereocenters. The van der Waals surface area contributed by atoms with E-state index >= 15 is 0 Å². The number of halogens is 2. The standard InChI is InChI=1S/C17H24BrFN2O/c1-21(2)17(9-5-3-4-6-10-17)12-20-16(22)14-8-7-13(19)11-15(14)18/h7-8,11H,3-6,9-10,12H2,1-2H3,(H,20,22). The largest absolute Gasteiger partial charge is 0.350 e. The summed E-state index contributed by atoms with van der Waals surface area (Å²) in [7, 11) is 4.18. The molecule has 0 bridgehead atoms. The lowest BCUT2D eigenvalue weighted by Crippen LogP contribution is -2.52. The number of nitrogens with one attached hydrogen (secondary N) is 1. The second-order valence-corrected chi connectivity index (χ2v) is 7.19. The number of likely N-dealkylation sites (N-methyl/N-ethyl adjacent to an activating group) is 1. The third kappa shape index (κ3) is 4.07. The van der Waals surface area contributed by atoms with Crippen molar-refractivity contribution in [2.75, 3.05) is 20.6 Å². The first-order chi connectivity index (χ1) is 10.4. The minimum absolute atomic E-state index is 0.0265. The minimum atomic E-state index is -0.350. The van der Waals surface area contributed by atoms with Gasteiger partial charge >= 0.3 is 0 Å². The Hall–Kier alpha value is -0.940. The molecular formula is C17H24BrFN2O. The highest BCUT2D eigenvalue weighted by Gasteiger charge is 2.33. The van der Waals surface area contributed by atoms with E-state index in [0.717, 1.165) is 12.8 Å². The number of carbonyl (C=O) groups excluding carboxylic acids is 1. The van der Waals surface area contributed by atoms with Gasteiger partial charge in [0.15, 0.2) is 0 Å². The van der Waals surface area contributed by atoms with Gasteiger partial charge in [0.05, 0.1) is 5.56 Å². The van der Waals surface area contributed by atoms with Crippen LogP contribution in [0.4, 0.5) is 4.39 Å². The summed E-state index contributed by atoms with van der Waals surface area (Å²) >= 11 is 3.26. The van der Waals surface area contributed by atoms with Crippen LogP contribution in [0.5, 0.6) is 0 Å². The lowest BCUT2D eigenvalue weighted by molar-refractivity contribution is 0.0868. The quantitative estimate of drug-likeness (QED) is 0.813. The van der Waals surface area contributed by atoms with Crippen LogP contribution in [0, 0.1) is 5.82 Å². The van der Waals surface area contributed by atoms with Crippen molar-refractivity contribution in [1.29, 1.82) is 0 Å². The van der Waals surface area contributed by atoms with Crippen LogP contribution in [-0.4, -0.2) is 37.0 Å². The van der Waals surface area contributed by atoms with E-state index < -0.39 is 0 Å². The number of hydrogen-bond donors (Lipinski definition) is 1. The van der Waals surface area contributed by atoms with Gasteiger partial charge in [-0.3, -0.25) is 4.79 Å². The van der Waals surface area contributed by atoms with Gasteiger partial charge in [0.2, 0.25) is 0 Å². The number of rotatable bonds is 4. The zero-order chi connectivity index (χ0) is 16.2. The summed E-state index contributed by atoms with van der Waals surface area (Å²) in [6.45, 7) is 0.628. The molecule has 1 N–H and O–H groups in total. The zero-order valence-corrected chi connectivity index (χ0v) is 14.9. The van der Waals surface area contributed by atoms with Gasteiger partial charge in [0, 0.05) is 16.6 Å². The SMILES string of the molecule is CN(C)C1(CNC(=O)c2ccc(F)cc2Br)CCCCCC1. The fourth-order valence-corrected chi connectivity index (χ4v) is 3.71. The molecule has 0 aromatic heterocycles. The van der Waals surface area contributed by atoms with Crippen molar-refractivity contribution in [2.24, 2.45) is 0 Å². The Morgan fingerprint density at radius 2 is 1.91 bits per heavy atom. The van der Waals surface area contributed by atoms with Crippen LogP contribution in [0.1, 0.15) is 48.9 Å². The van der Waals surface area contributed by atoms with Crippen LogP contribution < -0.4 is 5.32 Å². The summed E-state index contributed by atoms with van der Waals surface area (Å²) in [5.74, 6) is -0.505. The van der Waals surface area contributed by atoms with Gasteiger partial charge < -0.3 is 10.2 Å². The summed E-state index contributed by atoms with van der Waals surface area (Å²) in [5.41, 5.74) is 0.502. The molecule has 0 saturated heterocycles. The number of benzene rings is 1. The van der Waals surface area contributed by atoms with Crippen molar-refractivity contribution in [3.8, 4) is 0 Å². The molecule has 1 aliphatic carbocycles. The molecule has 3 nitrogen and oxygen atoms in total. The average molecular weight is 371 g/mol. The summed E-state index contributed by atoms with van der Waals surface area (Å²) in [6, 6.07) is 4.15. The van der Waals surface area contributed by atoms with Gasteiger partial charge in [-0.25, -0.2) is 4.39 Å². The van der Waals surface area contributed by atoms with Crippen molar-refractivity contribution < 1.29 is 9.18 Å². The van der Waals surface area contributed by atoms with Crippen molar-refractivity contribution in [3.63, 3.8) is 0 Å². The Kier molecular flexibility index (Phi) is 5.98. The molecule has 2 rings (SSSR count). The Balaban J connectivity index is 2.07. The van der Waals surface area contributed by atoms with Gasteiger partial charge in [0.25, 0.3) is 5.91 Å². The Morgan fingerprint density at radius 1 is 1.27 bits per heavy atom. The highest BCUT2D eigenvalue weighted by Crippen LogP contribution is 2.30. The molecule has 22 heavy (non-hydrogen) atoms. The molecule has 5 heteroatoms. The first-order valence-corrected chi connectivity index (χ1v) is 8.65. The van der Waals surface area contributed by atoms with Crippen molar-refractivity contribution in [1.82, 2.24) is 10.2 Å². The first kappa shape index (κ1) is 17.4. The summed E-state index contributed by atoms with van der Waals surface area (Å²) in [6.07, 6.45) is 7.15. The predicted molar refractivity (Wildman–Crippen MR) is 90.6 cm³/mol. The van der Waals surface area contributed by atoms with Gasteiger partial charge in [-0.15, -0.1) is 0 Å². The van der Waals surface area contributed by atoms with Crippen LogP contribution in [0.15, 0.2) is 22.7 Å². The molecule has 122 valence electrons.